The number of ether oxygens (including phenoxy) is 2. The molecule has 6 heteroatoms. The molecule has 0 bridgehead atoms. The van der Waals surface area contributed by atoms with Crippen molar-refractivity contribution in [2.24, 2.45) is 4.99 Å². The number of nitriles is 1. The minimum Gasteiger partial charge on any atom is -0.490 e. The summed E-state index contributed by atoms with van der Waals surface area (Å²) in [5.74, 6) is 2.13. The molecule has 0 aliphatic carbocycles. The number of hydrogen-bond acceptors (Lipinski definition) is 5. The maximum Gasteiger partial charge on any atom is 0.238 e. The molecule has 0 unspecified atom stereocenters. The molecule has 0 fully saturated rings. The van der Waals surface area contributed by atoms with Crippen molar-refractivity contribution >= 4 is 28.0 Å². The Morgan fingerprint density at radius 1 is 0.941 bits per heavy atom. The molecule has 0 aliphatic rings. The monoisotopic (exact) mass is 514 g/mol. The highest BCUT2D eigenvalue weighted by atomic mass is 79.9. The van der Waals surface area contributed by atoms with Crippen LogP contribution < -0.4 is 9.47 Å². The Balaban J connectivity index is 1.82. The van der Waals surface area contributed by atoms with Crippen LogP contribution in [-0.4, -0.2) is 19.4 Å². The standard InChI is InChI=1S/C28H23BrN2O3/c1-3-32-24-16-19(15-23(29)27(24)33-4-2)18-31-28-22(17-30)25(20-11-7-5-8-12-20)26(34-28)21-13-9-6-10-14-21/h5-16,18H,3-4H2,1-2H3. The van der Waals surface area contributed by atoms with Crippen LogP contribution in [-0.2, 0) is 0 Å². The molecule has 1 aromatic heterocycles. The predicted octanol–water partition coefficient (Wildman–Crippen LogP) is 7.80. The van der Waals surface area contributed by atoms with Crippen LogP contribution >= 0.6 is 15.9 Å². The average Bonchev–Trinajstić information content (AvgIpc) is 3.24. The van der Waals surface area contributed by atoms with Crippen LogP contribution in [0.4, 0.5) is 5.88 Å². The van der Waals surface area contributed by atoms with Gasteiger partial charge in [-0.15, -0.1) is 0 Å². The maximum absolute atomic E-state index is 10.0. The zero-order valence-electron chi connectivity index (χ0n) is 18.9. The van der Waals surface area contributed by atoms with Gasteiger partial charge in [-0.2, -0.15) is 5.26 Å². The number of aliphatic imine (C=N–C) groups is 1. The van der Waals surface area contributed by atoms with Crippen LogP contribution in [0.1, 0.15) is 25.0 Å². The van der Waals surface area contributed by atoms with E-state index in [-0.39, 0.29) is 5.88 Å². The van der Waals surface area contributed by atoms with Crippen LogP contribution in [0.3, 0.4) is 0 Å². The lowest BCUT2D eigenvalue weighted by molar-refractivity contribution is 0.286. The Labute approximate surface area is 207 Å². The van der Waals surface area contributed by atoms with E-state index in [4.69, 9.17) is 13.9 Å². The Morgan fingerprint density at radius 3 is 2.21 bits per heavy atom. The Hall–Kier alpha value is -3.82. The lowest BCUT2D eigenvalue weighted by atomic mass is 9.98. The van der Waals surface area contributed by atoms with Gasteiger partial charge in [0.2, 0.25) is 5.88 Å². The first kappa shape index (κ1) is 23.3. The van der Waals surface area contributed by atoms with Gasteiger partial charge >= 0.3 is 0 Å². The van der Waals surface area contributed by atoms with Crippen LogP contribution in [0.2, 0.25) is 0 Å². The van der Waals surface area contributed by atoms with Gasteiger partial charge in [-0.1, -0.05) is 60.7 Å². The van der Waals surface area contributed by atoms with E-state index in [1.54, 1.807) is 6.21 Å². The normalized spacial score (nSPS) is 10.9. The molecule has 4 aromatic rings. The summed E-state index contributed by atoms with van der Waals surface area (Å²) in [5, 5.41) is 10.0. The van der Waals surface area contributed by atoms with Crippen LogP contribution in [0.5, 0.6) is 11.5 Å². The summed E-state index contributed by atoms with van der Waals surface area (Å²) in [7, 11) is 0. The van der Waals surface area contributed by atoms with E-state index in [0.29, 0.717) is 36.0 Å². The van der Waals surface area contributed by atoms with Crippen LogP contribution in [0, 0.1) is 11.3 Å². The van der Waals surface area contributed by atoms with Gasteiger partial charge in [-0.3, -0.25) is 0 Å². The van der Waals surface area contributed by atoms with Crippen molar-refractivity contribution in [3.05, 3.63) is 88.4 Å². The molecule has 0 aliphatic heterocycles. The molecule has 0 radical (unpaired) electrons. The second-order valence-electron chi connectivity index (χ2n) is 7.28. The molecule has 0 N–H and O–H groups in total. The summed E-state index contributed by atoms with van der Waals surface area (Å²) in [6.45, 7) is 4.87. The second-order valence-corrected chi connectivity index (χ2v) is 8.14. The fourth-order valence-electron chi connectivity index (χ4n) is 3.63. The van der Waals surface area contributed by atoms with Crippen molar-refractivity contribution in [2.45, 2.75) is 13.8 Å². The van der Waals surface area contributed by atoms with E-state index in [1.165, 1.54) is 0 Å². The first-order chi connectivity index (χ1) is 16.7. The number of nitrogens with zero attached hydrogens (tertiary/aromatic N) is 2. The first-order valence-corrected chi connectivity index (χ1v) is 11.8. The number of rotatable bonds is 8. The highest BCUT2D eigenvalue weighted by molar-refractivity contribution is 9.10. The molecule has 5 nitrogen and oxygen atoms in total. The third-order valence-electron chi connectivity index (χ3n) is 5.05. The smallest absolute Gasteiger partial charge is 0.238 e. The SMILES string of the molecule is CCOc1cc(C=Nc2oc(-c3ccccc3)c(-c3ccccc3)c2C#N)cc(Br)c1OCC. The minimum atomic E-state index is 0.253. The molecule has 1 heterocycles. The Kier molecular flexibility index (Phi) is 7.46. The second kappa shape index (κ2) is 10.9. The van der Waals surface area contributed by atoms with Gasteiger partial charge in [-0.05, 0) is 53.0 Å². The maximum atomic E-state index is 10.0. The Bertz CT molecular complexity index is 1340. The number of benzene rings is 3. The van der Waals surface area contributed by atoms with Crippen molar-refractivity contribution < 1.29 is 13.9 Å². The lowest BCUT2D eigenvalue weighted by Gasteiger charge is -2.13. The molecule has 0 saturated carbocycles. The van der Waals surface area contributed by atoms with Crippen molar-refractivity contribution in [2.75, 3.05) is 13.2 Å². The Morgan fingerprint density at radius 2 is 1.59 bits per heavy atom. The largest absolute Gasteiger partial charge is 0.490 e. The average molecular weight is 515 g/mol. The van der Waals surface area contributed by atoms with Crippen LogP contribution in [0.25, 0.3) is 22.5 Å². The molecule has 0 spiro atoms. The summed E-state index contributed by atoms with van der Waals surface area (Å²) < 4.78 is 18.4. The van der Waals surface area contributed by atoms with Gasteiger partial charge < -0.3 is 13.9 Å². The molecular weight excluding hydrogens is 492 g/mol. The fourth-order valence-corrected chi connectivity index (χ4v) is 4.20. The molecule has 0 atom stereocenters. The quantitative estimate of drug-likeness (QED) is 0.225. The van der Waals surface area contributed by atoms with Crippen molar-refractivity contribution in [3.63, 3.8) is 0 Å². The van der Waals surface area contributed by atoms with Crippen LogP contribution in [0.15, 0.2) is 86.7 Å². The zero-order valence-corrected chi connectivity index (χ0v) is 20.5. The highest BCUT2D eigenvalue weighted by Gasteiger charge is 2.22. The third kappa shape index (κ3) is 4.90. The van der Waals surface area contributed by atoms with Gasteiger partial charge in [0.15, 0.2) is 11.5 Å². The van der Waals surface area contributed by atoms with Gasteiger partial charge in [0.25, 0.3) is 0 Å². The van der Waals surface area contributed by atoms with Crippen molar-refractivity contribution in [3.8, 4) is 40.0 Å². The van der Waals surface area contributed by atoms with E-state index in [0.717, 1.165) is 26.7 Å². The summed E-state index contributed by atoms with van der Waals surface area (Å²) in [6.07, 6.45) is 1.66. The molecule has 34 heavy (non-hydrogen) atoms. The summed E-state index contributed by atoms with van der Waals surface area (Å²) in [5.41, 5.74) is 3.66. The number of halogens is 1. The molecule has 0 saturated heterocycles. The van der Waals surface area contributed by atoms with Gasteiger partial charge in [-0.25, -0.2) is 4.99 Å². The van der Waals surface area contributed by atoms with Gasteiger partial charge in [0.05, 0.1) is 17.7 Å². The third-order valence-corrected chi connectivity index (χ3v) is 5.64. The number of furan rings is 1. The minimum absolute atomic E-state index is 0.253. The van der Waals surface area contributed by atoms with E-state index in [1.807, 2.05) is 86.6 Å². The van der Waals surface area contributed by atoms with Gasteiger partial charge in [0.1, 0.15) is 17.4 Å². The fraction of sp³-hybridized carbons (Fsp3) is 0.143. The molecule has 170 valence electrons. The topological polar surface area (TPSA) is 67.8 Å². The highest BCUT2D eigenvalue weighted by Crippen LogP contribution is 2.42. The molecule has 3 aromatic carbocycles. The van der Waals surface area contributed by atoms with Crippen molar-refractivity contribution in [1.82, 2.24) is 0 Å². The number of hydrogen-bond donors (Lipinski definition) is 0. The van der Waals surface area contributed by atoms with E-state index < -0.39 is 0 Å². The van der Waals surface area contributed by atoms with E-state index in [2.05, 4.69) is 27.0 Å². The summed E-state index contributed by atoms with van der Waals surface area (Å²) >= 11 is 3.56. The van der Waals surface area contributed by atoms with Crippen molar-refractivity contribution in [1.29, 1.82) is 5.26 Å². The van der Waals surface area contributed by atoms with E-state index in [9.17, 15) is 5.26 Å². The van der Waals surface area contributed by atoms with Gasteiger partial charge in [0, 0.05) is 17.3 Å². The predicted molar refractivity (Wildman–Crippen MR) is 138 cm³/mol. The molecule has 0 amide bonds. The summed E-state index contributed by atoms with van der Waals surface area (Å²) in [4.78, 5) is 4.57. The lowest BCUT2D eigenvalue weighted by Crippen LogP contribution is -2.00. The molecule has 4 rings (SSSR count). The molecular formula is C28H23BrN2O3. The van der Waals surface area contributed by atoms with E-state index >= 15 is 0 Å². The first-order valence-electron chi connectivity index (χ1n) is 11.0. The summed E-state index contributed by atoms with van der Waals surface area (Å²) in [6, 6.07) is 25.5. The zero-order chi connectivity index (χ0) is 23.9.